The summed E-state index contributed by atoms with van der Waals surface area (Å²) in [5, 5.41) is 8.82. The lowest BCUT2D eigenvalue weighted by atomic mass is 10.1. The number of phenolic OH excluding ortho intramolecular Hbond substituents is 1. The Labute approximate surface area is 77.8 Å². The summed E-state index contributed by atoms with van der Waals surface area (Å²) in [5.41, 5.74) is -0.535. The molecule has 0 bridgehead atoms. The van der Waals surface area contributed by atoms with Crippen molar-refractivity contribution in [2.75, 3.05) is 5.88 Å². The van der Waals surface area contributed by atoms with E-state index in [0.717, 1.165) is 0 Å². The van der Waals surface area contributed by atoms with Gasteiger partial charge >= 0.3 is 0 Å². The van der Waals surface area contributed by atoms with E-state index in [4.69, 9.17) is 16.7 Å². The Morgan fingerprint density at radius 3 is 2.62 bits per heavy atom. The number of hydrogen-bond donors (Lipinski definition) is 1. The molecule has 0 fully saturated rings. The smallest absolute Gasteiger partial charge is 0.180 e. The van der Waals surface area contributed by atoms with Gasteiger partial charge in [-0.05, 0) is 6.07 Å². The van der Waals surface area contributed by atoms with E-state index in [0.29, 0.717) is 12.1 Å². The first-order valence-electron chi connectivity index (χ1n) is 3.33. The summed E-state index contributed by atoms with van der Waals surface area (Å²) >= 11 is 5.14. The number of carbonyl (C=O) groups excluding carboxylic acids is 1. The standard InChI is InChI=1S/C8H5ClF2O2/c9-3-7(13)5-1-4(10)2-6(12)8(5)11/h1-2,12H,3H2. The van der Waals surface area contributed by atoms with Crippen molar-refractivity contribution in [3.8, 4) is 5.75 Å². The molecule has 0 aliphatic rings. The molecule has 1 aromatic carbocycles. The van der Waals surface area contributed by atoms with Crippen LogP contribution in [0.4, 0.5) is 8.78 Å². The normalized spacial score (nSPS) is 10.1. The Hall–Kier alpha value is -1.16. The number of halogens is 3. The van der Waals surface area contributed by atoms with Gasteiger partial charge in [-0.3, -0.25) is 4.79 Å². The van der Waals surface area contributed by atoms with E-state index in [1.807, 2.05) is 0 Å². The van der Waals surface area contributed by atoms with Crippen molar-refractivity contribution >= 4 is 17.4 Å². The molecule has 1 N–H and O–H groups in total. The molecular formula is C8H5ClF2O2. The number of benzene rings is 1. The lowest BCUT2D eigenvalue weighted by Crippen LogP contribution is -2.04. The predicted octanol–water partition coefficient (Wildman–Crippen LogP) is 2.09. The van der Waals surface area contributed by atoms with E-state index >= 15 is 0 Å². The third kappa shape index (κ3) is 1.95. The van der Waals surface area contributed by atoms with Crippen LogP contribution in [0.1, 0.15) is 10.4 Å². The van der Waals surface area contributed by atoms with Crippen molar-refractivity contribution in [2.24, 2.45) is 0 Å². The number of carbonyl (C=O) groups is 1. The van der Waals surface area contributed by atoms with Crippen LogP contribution in [-0.2, 0) is 0 Å². The van der Waals surface area contributed by atoms with Crippen molar-refractivity contribution in [2.45, 2.75) is 0 Å². The van der Waals surface area contributed by atoms with Crippen LogP contribution in [0.3, 0.4) is 0 Å². The Bertz CT molecular complexity index is 352. The Kier molecular flexibility index (Phi) is 2.83. The predicted molar refractivity (Wildman–Crippen MR) is 43.1 cm³/mol. The van der Waals surface area contributed by atoms with Crippen LogP contribution in [0.15, 0.2) is 12.1 Å². The third-order valence-corrected chi connectivity index (χ3v) is 1.68. The van der Waals surface area contributed by atoms with Gasteiger partial charge in [0.15, 0.2) is 17.3 Å². The number of rotatable bonds is 2. The second-order valence-electron chi connectivity index (χ2n) is 2.34. The van der Waals surface area contributed by atoms with E-state index in [2.05, 4.69) is 0 Å². The molecule has 0 saturated carbocycles. The number of phenols is 1. The maximum Gasteiger partial charge on any atom is 0.180 e. The van der Waals surface area contributed by atoms with Crippen molar-refractivity contribution in [1.82, 2.24) is 0 Å². The molecule has 0 aromatic heterocycles. The van der Waals surface area contributed by atoms with Crippen LogP contribution >= 0.6 is 11.6 Å². The topological polar surface area (TPSA) is 37.3 Å². The molecule has 0 heterocycles. The molecule has 0 radical (unpaired) electrons. The number of alkyl halides is 1. The number of ketones is 1. The van der Waals surface area contributed by atoms with Gasteiger partial charge in [0.05, 0.1) is 11.4 Å². The van der Waals surface area contributed by atoms with Gasteiger partial charge in [-0.1, -0.05) is 0 Å². The molecule has 13 heavy (non-hydrogen) atoms. The molecule has 70 valence electrons. The van der Waals surface area contributed by atoms with E-state index in [1.54, 1.807) is 0 Å². The zero-order chi connectivity index (χ0) is 10.0. The summed E-state index contributed by atoms with van der Waals surface area (Å²) in [6.07, 6.45) is 0. The zero-order valence-electron chi connectivity index (χ0n) is 6.35. The molecule has 2 nitrogen and oxygen atoms in total. The van der Waals surface area contributed by atoms with Gasteiger partial charge in [-0.15, -0.1) is 11.6 Å². The minimum Gasteiger partial charge on any atom is -0.505 e. The van der Waals surface area contributed by atoms with E-state index in [1.165, 1.54) is 0 Å². The highest BCUT2D eigenvalue weighted by atomic mass is 35.5. The molecule has 5 heteroatoms. The molecule has 0 aliphatic carbocycles. The Balaban J connectivity index is 3.28. The van der Waals surface area contributed by atoms with Gasteiger partial charge in [0, 0.05) is 6.07 Å². The van der Waals surface area contributed by atoms with Crippen LogP contribution in [0.2, 0.25) is 0 Å². The summed E-state index contributed by atoms with van der Waals surface area (Å²) in [4.78, 5) is 10.9. The summed E-state index contributed by atoms with van der Waals surface area (Å²) < 4.78 is 25.5. The maximum atomic E-state index is 12.9. The maximum absolute atomic E-state index is 12.9. The fourth-order valence-corrected chi connectivity index (χ4v) is 0.994. The average molecular weight is 207 g/mol. The quantitative estimate of drug-likeness (QED) is 0.594. The van der Waals surface area contributed by atoms with Crippen molar-refractivity contribution in [1.29, 1.82) is 0 Å². The number of hydrogen-bond acceptors (Lipinski definition) is 2. The molecule has 0 saturated heterocycles. The van der Waals surface area contributed by atoms with Crippen LogP contribution < -0.4 is 0 Å². The lowest BCUT2D eigenvalue weighted by molar-refractivity contribution is 0.101. The summed E-state index contributed by atoms with van der Waals surface area (Å²) in [7, 11) is 0. The molecule has 0 unspecified atom stereocenters. The molecular weight excluding hydrogens is 202 g/mol. The Morgan fingerprint density at radius 2 is 2.08 bits per heavy atom. The zero-order valence-corrected chi connectivity index (χ0v) is 7.11. The fourth-order valence-electron chi connectivity index (χ4n) is 0.850. The minimum atomic E-state index is -1.15. The summed E-state index contributed by atoms with van der Waals surface area (Å²) in [5.74, 6) is -4.15. The Morgan fingerprint density at radius 1 is 1.46 bits per heavy atom. The highest BCUT2D eigenvalue weighted by molar-refractivity contribution is 6.30. The van der Waals surface area contributed by atoms with Crippen molar-refractivity contribution < 1.29 is 18.7 Å². The highest BCUT2D eigenvalue weighted by Gasteiger charge is 2.15. The second-order valence-corrected chi connectivity index (χ2v) is 2.61. The summed E-state index contributed by atoms with van der Waals surface area (Å²) in [6, 6.07) is 1.28. The van der Waals surface area contributed by atoms with Crippen molar-refractivity contribution in [3.63, 3.8) is 0 Å². The molecule has 0 atom stereocenters. The monoisotopic (exact) mass is 206 g/mol. The lowest BCUT2D eigenvalue weighted by Gasteiger charge is -2.01. The largest absolute Gasteiger partial charge is 0.505 e. The van der Waals surface area contributed by atoms with E-state index < -0.39 is 34.6 Å². The highest BCUT2D eigenvalue weighted by Crippen LogP contribution is 2.21. The second kappa shape index (κ2) is 3.70. The van der Waals surface area contributed by atoms with Gasteiger partial charge in [-0.25, -0.2) is 8.78 Å². The molecule has 1 aromatic rings. The van der Waals surface area contributed by atoms with Crippen LogP contribution in [-0.4, -0.2) is 16.8 Å². The average Bonchev–Trinajstić information content (AvgIpc) is 2.10. The van der Waals surface area contributed by atoms with Crippen LogP contribution in [0.25, 0.3) is 0 Å². The first-order chi connectivity index (χ1) is 6.06. The molecule has 1 rings (SSSR count). The number of aromatic hydroxyl groups is 1. The van der Waals surface area contributed by atoms with Gasteiger partial charge in [0.25, 0.3) is 0 Å². The molecule has 0 spiro atoms. The van der Waals surface area contributed by atoms with Crippen LogP contribution in [0.5, 0.6) is 5.75 Å². The van der Waals surface area contributed by atoms with Gasteiger partial charge in [0.1, 0.15) is 5.82 Å². The number of Topliss-reactive ketones (excluding diaryl/α,β-unsaturated/α-hetero) is 1. The van der Waals surface area contributed by atoms with Crippen molar-refractivity contribution in [3.05, 3.63) is 29.3 Å². The van der Waals surface area contributed by atoms with Gasteiger partial charge in [-0.2, -0.15) is 0 Å². The fraction of sp³-hybridized carbons (Fsp3) is 0.125. The van der Waals surface area contributed by atoms with E-state index in [9.17, 15) is 13.6 Å². The third-order valence-electron chi connectivity index (χ3n) is 1.44. The SMILES string of the molecule is O=C(CCl)c1cc(F)cc(O)c1F. The molecule has 0 aliphatic heterocycles. The minimum absolute atomic E-state index is 0.459. The molecule has 0 amide bonds. The van der Waals surface area contributed by atoms with Gasteiger partial charge < -0.3 is 5.11 Å². The van der Waals surface area contributed by atoms with E-state index in [-0.39, 0.29) is 0 Å². The van der Waals surface area contributed by atoms with Gasteiger partial charge in [0.2, 0.25) is 0 Å². The first kappa shape index (κ1) is 9.92. The van der Waals surface area contributed by atoms with Crippen LogP contribution in [0, 0.1) is 11.6 Å². The first-order valence-corrected chi connectivity index (χ1v) is 3.87. The summed E-state index contributed by atoms with van der Waals surface area (Å²) in [6.45, 7) is 0.